The van der Waals surface area contributed by atoms with Crippen LogP contribution in [0.4, 0.5) is 14.9 Å². The molecule has 30 heavy (non-hydrogen) atoms. The topological polar surface area (TPSA) is 70.7 Å². The highest BCUT2D eigenvalue weighted by molar-refractivity contribution is 6.30. The summed E-state index contributed by atoms with van der Waals surface area (Å²) in [6.45, 7) is 1.72. The number of methoxy groups -OCH3 is 1. The molecule has 0 bridgehead atoms. The number of benzene rings is 2. The van der Waals surface area contributed by atoms with Crippen molar-refractivity contribution >= 4 is 29.2 Å². The molecule has 2 aromatic rings. The van der Waals surface area contributed by atoms with E-state index in [9.17, 15) is 14.0 Å². The molecule has 2 aromatic carbocycles. The predicted molar refractivity (Wildman–Crippen MR) is 112 cm³/mol. The number of allylic oxidation sites excluding steroid dienone is 1. The van der Waals surface area contributed by atoms with Gasteiger partial charge in [0.2, 0.25) is 0 Å². The third-order valence-electron chi connectivity index (χ3n) is 5.31. The molecule has 6 nitrogen and oxygen atoms in total. The van der Waals surface area contributed by atoms with Crippen molar-refractivity contribution in [2.45, 2.75) is 31.8 Å². The Hall–Kier alpha value is -3.06. The van der Waals surface area contributed by atoms with Crippen LogP contribution in [0.1, 0.15) is 31.4 Å². The normalized spacial score (nSPS) is 18.9. The molecule has 1 aliphatic carbocycles. The summed E-state index contributed by atoms with van der Waals surface area (Å²) in [6, 6.07) is 9.78. The lowest BCUT2D eigenvalue weighted by Crippen LogP contribution is -2.49. The number of anilines is 1. The van der Waals surface area contributed by atoms with Gasteiger partial charge in [-0.05, 0) is 38.0 Å². The van der Waals surface area contributed by atoms with Crippen LogP contribution in [0.2, 0.25) is 5.02 Å². The largest absolute Gasteiger partial charge is 0.495 e. The Labute approximate surface area is 178 Å². The van der Waals surface area contributed by atoms with Gasteiger partial charge < -0.3 is 15.4 Å². The fourth-order valence-electron chi connectivity index (χ4n) is 3.72. The Morgan fingerprint density at radius 1 is 1.27 bits per heavy atom. The molecule has 0 saturated heterocycles. The van der Waals surface area contributed by atoms with Crippen LogP contribution in [0.15, 0.2) is 53.7 Å². The van der Waals surface area contributed by atoms with Crippen LogP contribution in [0.5, 0.6) is 5.75 Å². The monoisotopic (exact) mass is 429 g/mol. The van der Waals surface area contributed by atoms with Gasteiger partial charge >= 0.3 is 6.03 Å². The van der Waals surface area contributed by atoms with E-state index >= 15 is 0 Å². The van der Waals surface area contributed by atoms with E-state index in [0.717, 1.165) is 12.8 Å². The number of hydrogen-bond donors (Lipinski definition) is 2. The number of amides is 3. The second kappa shape index (κ2) is 7.99. The van der Waals surface area contributed by atoms with Gasteiger partial charge in [0.1, 0.15) is 11.6 Å². The highest BCUT2D eigenvalue weighted by Gasteiger charge is 2.42. The van der Waals surface area contributed by atoms with Crippen molar-refractivity contribution in [3.8, 4) is 5.75 Å². The van der Waals surface area contributed by atoms with Gasteiger partial charge in [-0.3, -0.25) is 9.69 Å². The van der Waals surface area contributed by atoms with E-state index in [0.29, 0.717) is 22.2 Å². The molecule has 0 radical (unpaired) electrons. The number of carbonyl (C=O) groups is 2. The Kier molecular flexibility index (Phi) is 5.39. The summed E-state index contributed by atoms with van der Waals surface area (Å²) >= 11 is 6.00. The zero-order chi connectivity index (χ0) is 21.4. The average Bonchev–Trinajstić information content (AvgIpc) is 3.54. The highest BCUT2D eigenvalue weighted by Crippen LogP contribution is 2.39. The van der Waals surface area contributed by atoms with E-state index in [1.54, 1.807) is 48.2 Å². The number of urea groups is 1. The van der Waals surface area contributed by atoms with E-state index in [4.69, 9.17) is 16.3 Å². The van der Waals surface area contributed by atoms with Crippen LogP contribution < -0.4 is 15.4 Å². The molecule has 2 N–H and O–H groups in total. The third-order valence-corrected chi connectivity index (χ3v) is 5.55. The minimum absolute atomic E-state index is 0.0550. The molecule has 0 unspecified atom stereocenters. The summed E-state index contributed by atoms with van der Waals surface area (Å²) in [5.74, 6) is -0.549. The lowest BCUT2D eigenvalue weighted by molar-refractivity contribution is -0.113. The fraction of sp³-hybridized carbons (Fsp3) is 0.273. The molecule has 2 aliphatic rings. The zero-order valence-corrected chi connectivity index (χ0v) is 17.3. The minimum Gasteiger partial charge on any atom is -0.495 e. The molecule has 4 rings (SSSR count). The van der Waals surface area contributed by atoms with Crippen LogP contribution in [-0.4, -0.2) is 30.0 Å². The number of ether oxygens (including phenoxy) is 1. The molecule has 1 saturated carbocycles. The maximum absolute atomic E-state index is 14.6. The number of nitrogens with zero attached hydrogens (tertiary/aromatic N) is 1. The van der Waals surface area contributed by atoms with Gasteiger partial charge in [-0.1, -0.05) is 29.8 Å². The van der Waals surface area contributed by atoms with Crippen molar-refractivity contribution in [1.29, 1.82) is 0 Å². The second-order valence-electron chi connectivity index (χ2n) is 7.30. The van der Waals surface area contributed by atoms with Crippen LogP contribution >= 0.6 is 11.6 Å². The van der Waals surface area contributed by atoms with Crippen molar-refractivity contribution in [2.75, 3.05) is 12.4 Å². The number of hydrogen-bond acceptors (Lipinski definition) is 3. The third kappa shape index (κ3) is 3.73. The van der Waals surface area contributed by atoms with Crippen LogP contribution in [0.25, 0.3) is 0 Å². The van der Waals surface area contributed by atoms with Gasteiger partial charge in [-0.25, -0.2) is 9.18 Å². The SMILES string of the molecule is COc1cc(Cl)ccc1NC(=O)C1=C(C)N(C2CC2)C(=O)N[C@H]1c1ccccc1F. The van der Waals surface area contributed by atoms with Crippen molar-refractivity contribution in [3.63, 3.8) is 0 Å². The van der Waals surface area contributed by atoms with Crippen molar-refractivity contribution in [2.24, 2.45) is 0 Å². The molecule has 1 heterocycles. The first-order valence-electron chi connectivity index (χ1n) is 9.60. The van der Waals surface area contributed by atoms with Crippen molar-refractivity contribution < 1.29 is 18.7 Å². The van der Waals surface area contributed by atoms with Crippen molar-refractivity contribution in [3.05, 3.63) is 70.1 Å². The molecule has 156 valence electrons. The molecule has 1 atom stereocenters. The minimum atomic E-state index is -0.910. The molecular formula is C22H21ClFN3O3. The Balaban J connectivity index is 1.76. The molecule has 8 heteroatoms. The Bertz CT molecular complexity index is 1050. The summed E-state index contributed by atoms with van der Waals surface area (Å²) in [6.07, 6.45) is 1.74. The van der Waals surface area contributed by atoms with Gasteiger partial charge in [-0.15, -0.1) is 0 Å². The average molecular weight is 430 g/mol. The van der Waals surface area contributed by atoms with Gasteiger partial charge in [0, 0.05) is 28.4 Å². The maximum atomic E-state index is 14.6. The lowest BCUT2D eigenvalue weighted by atomic mass is 9.93. The molecular weight excluding hydrogens is 409 g/mol. The number of halogens is 2. The van der Waals surface area contributed by atoms with Crippen LogP contribution in [0.3, 0.4) is 0 Å². The number of rotatable bonds is 5. The first-order valence-corrected chi connectivity index (χ1v) is 9.98. The predicted octanol–water partition coefficient (Wildman–Crippen LogP) is 4.63. The number of carbonyl (C=O) groups excluding carboxylic acids is 2. The fourth-order valence-corrected chi connectivity index (χ4v) is 3.89. The second-order valence-corrected chi connectivity index (χ2v) is 7.74. The molecule has 0 aromatic heterocycles. The lowest BCUT2D eigenvalue weighted by Gasteiger charge is -2.36. The van der Waals surface area contributed by atoms with Crippen molar-refractivity contribution in [1.82, 2.24) is 10.2 Å². The van der Waals surface area contributed by atoms with Gasteiger partial charge in [0.15, 0.2) is 0 Å². The van der Waals surface area contributed by atoms with E-state index in [1.165, 1.54) is 13.2 Å². The zero-order valence-electron chi connectivity index (χ0n) is 16.5. The summed E-state index contributed by atoms with van der Waals surface area (Å²) < 4.78 is 19.9. The summed E-state index contributed by atoms with van der Waals surface area (Å²) in [5.41, 5.74) is 1.45. The van der Waals surface area contributed by atoms with E-state index in [-0.39, 0.29) is 23.2 Å². The van der Waals surface area contributed by atoms with Crippen LogP contribution in [-0.2, 0) is 4.79 Å². The summed E-state index contributed by atoms with van der Waals surface area (Å²) in [4.78, 5) is 27.7. The van der Waals surface area contributed by atoms with Gasteiger partial charge in [0.05, 0.1) is 24.4 Å². The van der Waals surface area contributed by atoms with Gasteiger partial charge in [-0.2, -0.15) is 0 Å². The van der Waals surface area contributed by atoms with E-state index in [2.05, 4.69) is 10.6 Å². The summed E-state index contributed by atoms with van der Waals surface area (Å²) in [5, 5.41) is 6.09. The van der Waals surface area contributed by atoms with E-state index in [1.807, 2.05) is 0 Å². The Morgan fingerprint density at radius 3 is 2.67 bits per heavy atom. The molecule has 0 spiro atoms. The van der Waals surface area contributed by atoms with Crippen LogP contribution in [0, 0.1) is 5.82 Å². The van der Waals surface area contributed by atoms with Gasteiger partial charge in [0.25, 0.3) is 5.91 Å². The quantitative estimate of drug-likeness (QED) is 0.728. The van der Waals surface area contributed by atoms with E-state index < -0.39 is 17.8 Å². The highest BCUT2D eigenvalue weighted by atomic mass is 35.5. The first kappa shape index (κ1) is 20.2. The molecule has 1 fully saturated rings. The number of nitrogens with one attached hydrogen (secondary N) is 2. The molecule has 3 amide bonds. The Morgan fingerprint density at radius 2 is 2.00 bits per heavy atom. The smallest absolute Gasteiger partial charge is 0.322 e. The maximum Gasteiger partial charge on any atom is 0.322 e. The standard InChI is InChI=1S/C22H21ClFN3O3/c1-12-19(21(28)25-17-10-7-13(23)11-18(17)30-2)20(15-5-3-4-6-16(15)24)26-22(29)27(12)14-8-9-14/h3-7,10-11,14,20H,8-9H2,1-2H3,(H,25,28)(H,26,29)/t20-/m0/s1. The molecule has 1 aliphatic heterocycles. The summed E-state index contributed by atoms with van der Waals surface area (Å²) in [7, 11) is 1.48. The first-order chi connectivity index (χ1) is 14.4.